The average Bonchev–Trinajstić information content (AvgIpc) is 3.28. The van der Waals surface area contributed by atoms with Crippen LogP contribution in [0.2, 0.25) is 0 Å². The van der Waals surface area contributed by atoms with Crippen LogP contribution in [0.15, 0.2) is 24.4 Å². The van der Waals surface area contributed by atoms with Gasteiger partial charge in [0.15, 0.2) is 5.69 Å². The standard InChI is InChI=1S/C21H22F4N6O2S/c1-9-20(2,27)21(24,25)7-13(33-9)16-12(8-28-31(16)3)29-18(32)15-17(26)34-19(30-15)14-10(22)5-4-6-11(14)23/h4-6,8-9,13H,7,26-27H2,1-3H3,(H,29,32)/t9?,13-,20?/m1/s1. The van der Waals surface area contributed by atoms with Gasteiger partial charge in [0.05, 0.1) is 29.2 Å². The number of nitrogen functional groups attached to an aromatic ring is 1. The van der Waals surface area contributed by atoms with Crippen molar-refractivity contribution in [2.45, 2.75) is 43.9 Å². The van der Waals surface area contributed by atoms with Crippen LogP contribution in [0, 0.1) is 11.6 Å². The molecule has 3 aromatic rings. The number of alkyl halides is 2. The maximum Gasteiger partial charge on any atom is 0.277 e. The molecule has 0 aliphatic carbocycles. The van der Waals surface area contributed by atoms with E-state index in [4.69, 9.17) is 16.2 Å². The molecule has 34 heavy (non-hydrogen) atoms. The Labute approximate surface area is 195 Å². The van der Waals surface area contributed by atoms with Crippen molar-refractivity contribution in [3.8, 4) is 10.6 Å². The number of benzene rings is 1. The highest BCUT2D eigenvalue weighted by Gasteiger charge is 2.57. The van der Waals surface area contributed by atoms with E-state index in [2.05, 4.69) is 15.4 Å². The van der Waals surface area contributed by atoms with Crippen molar-refractivity contribution in [3.63, 3.8) is 0 Å². The summed E-state index contributed by atoms with van der Waals surface area (Å²) in [6.07, 6.45) is -1.55. The van der Waals surface area contributed by atoms with Gasteiger partial charge in [-0.25, -0.2) is 22.5 Å². The van der Waals surface area contributed by atoms with Crippen LogP contribution in [0.25, 0.3) is 10.6 Å². The topological polar surface area (TPSA) is 121 Å². The molecular weight excluding hydrogens is 476 g/mol. The van der Waals surface area contributed by atoms with E-state index >= 15 is 0 Å². The van der Waals surface area contributed by atoms with E-state index in [0.717, 1.165) is 23.5 Å². The lowest BCUT2D eigenvalue weighted by molar-refractivity contribution is -0.211. The van der Waals surface area contributed by atoms with Gasteiger partial charge in [0.1, 0.15) is 33.3 Å². The van der Waals surface area contributed by atoms with E-state index in [9.17, 15) is 22.4 Å². The molecule has 4 rings (SSSR count). The van der Waals surface area contributed by atoms with Crippen molar-refractivity contribution in [3.05, 3.63) is 47.4 Å². The minimum atomic E-state index is -3.25. The molecule has 1 aliphatic heterocycles. The molecule has 1 saturated heterocycles. The van der Waals surface area contributed by atoms with Crippen LogP contribution in [-0.4, -0.2) is 38.2 Å². The van der Waals surface area contributed by atoms with E-state index in [1.54, 1.807) is 0 Å². The van der Waals surface area contributed by atoms with Gasteiger partial charge in [0, 0.05) is 13.5 Å². The first-order valence-electron chi connectivity index (χ1n) is 10.2. The van der Waals surface area contributed by atoms with Gasteiger partial charge in [-0.2, -0.15) is 5.10 Å². The number of carbonyl (C=O) groups is 1. The predicted molar refractivity (Wildman–Crippen MR) is 118 cm³/mol. The summed E-state index contributed by atoms with van der Waals surface area (Å²) in [7, 11) is 1.52. The molecule has 8 nitrogen and oxygen atoms in total. The molecule has 1 fully saturated rings. The number of nitrogens with one attached hydrogen (secondary N) is 1. The third kappa shape index (κ3) is 3.93. The molecule has 1 aromatic carbocycles. The SMILES string of the molecule is CC1O[C@@H](c2c(NC(=O)c3nc(-c4c(F)cccc4F)sc3N)cnn2C)CC(F)(F)C1(C)N. The molecule has 0 bridgehead atoms. The number of thiazole rings is 1. The molecule has 5 N–H and O–H groups in total. The molecular formula is C21H22F4N6O2S. The number of aryl methyl sites for hydroxylation is 1. The van der Waals surface area contributed by atoms with Crippen LogP contribution in [-0.2, 0) is 11.8 Å². The number of rotatable bonds is 4. The Hall–Kier alpha value is -3.03. The van der Waals surface area contributed by atoms with Crippen LogP contribution >= 0.6 is 11.3 Å². The fourth-order valence-electron chi connectivity index (χ4n) is 3.76. The minimum absolute atomic E-state index is 0.0754. The predicted octanol–water partition coefficient (Wildman–Crippen LogP) is 3.86. The number of hydrogen-bond donors (Lipinski definition) is 3. The van der Waals surface area contributed by atoms with Crippen molar-refractivity contribution in [2.75, 3.05) is 11.1 Å². The van der Waals surface area contributed by atoms with Crippen LogP contribution < -0.4 is 16.8 Å². The number of nitrogens with zero attached hydrogens (tertiary/aromatic N) is 3. The Bertz CT molecular complexity index is 1240. The quantitative estimate of drug-likeness (QED) is 0.470. The fraction of sp³-hybridized carbons (Fsp3) is 0.381. The maximum absolute atomic E-state index is 14.7. The Morgan fingerprint density at radius 2 is 1.97 bits per heavy atom. The van der Waals surface area contributed by atoms with E-state index in [-0.39, 0.29) is 27.1 Å². The Balaban J connectivity index is 1.63. The molecule has 0 radical (unpaired) electrons. The molecule has 0 spiro atoms. The third-order valence-electron chi connectivity index (χ3n) is 6.03. The van der Waals surface area contributed by atoms with Crippen molar-refractivity contribution in [1.82, 2.24) is 14.8 Å². The van der Waals surface area contributed by atoms with Gasteiger partial charge >= 0.3 is 0 Å². The summed E-state index contributed by atoms with van der Waals surface area (Å²) in [6, 6.07) is 3.32. The lowest BCUT2D eigenvalue weighted by Gasteiger charge is -2.46. The average molecular weight is 499 g/mol. The molecule has 13 heteroatoms. The fourth-order valence-corrected chi connectivity index (χ4v) is 4.63. The zero-order valence-electron chi connectivity index (χ0n) is 18.4. The van der Waals surface area contributed by atoms with Crippen molar-refractivity contribution in [2.24, 2.45) is 12.8 Å². The van der Waals surface area contributed by atoms with E-state index in [1.807, 2.05) is 0 Å². The maximum atomic E-state index is 14.7. The highest BCUT2D eigenvalue weighted by molar-refractivity contribution is 7.19. The summed E-state index contributed by atoms with van der Waals surface area (Å²) in [6.45, 7) is 2.68. The van der Waals surface area contributed by atoms with Crippen LogP contribution in [0.1, 0.15) is 42.6 Å². The first-order chi connectivity index (χ1) is 15.8. The third-order valence-corrected chi connectivity index (χ3v) is 6.93. The van der Waals surface area contributed by atoms with Gasteiger partial charge in [-0.15, -0.1) is 0 Å². The van der Waals surface area contributed by atoms with Crippen LogP contribution in [0.5, 0.6) is 0 Å². The molecule has 2 aromatic heterocycles. The van der Waals surface area contributed by atoms with Gasteiger partial charge in [-0.05, 0) is 26.0 Å². The smallest absolute Gasteiger partial charge is 0.277 e. The number of carbonyl (C=O) groups excluding carboxylic acids is 1. The van der Waals surface area contributed by atoms with Gasteiger partial charge < -0.3 is 21.5 Å². The Morgan fingerprint density at radius 1 is 1.32 bits per heavy atom. The summed E-state index contributed by atoms with van der Waals surface area (Å²) in [5, 5.41) is 6.39. The second-order valence-electron chi connectivity index (χ2n) is 8.31. The van der Waals surface area contributed by atoms with Crippen molar-refractivity contribution in [1.29, 1.82) is 0 Å². The number of amides is 1. The zero-order chi connectivity index (χ0) is 25.0. The first kappa shape index (κ1) is 24.1. The van der Waals surface area contributed by atoms with Crippen molar-refractivity contribution < 1.29 is 27.1 Å². The van der Waals surface area contributed by atoms with E-state index in [1.165, 1.54) is 37.8 Å². The second-order valence-corrected chi connectivity index (χ2v) is 9.34. The number of halogens is 4. The summed E-state index contributed by atoms with van der Waals surface area (Å²) >= 11 is 0.739. The molecule has 1 amide bonds. The summed E-state index contributed by atoms with van der Waals surface area (Å²) in [4.78, 5) is 16.9. The van der Waals surface area contributed by atoms with Gasteiger partial charge in [-0.3, -0.25) is 9.48 Å². The number of aromatic nitrogens is 3. The number of hydrogen-bond acceptors (Lipinski definition) is 7. The van der Waals surface area contributed by atoms with Crippen LogP contribution in [0.3, 0.4) is 0 Å². The lowest BCUT2D eigenvalue weighted by Crippen LogP contribution is -2.64. The molecule has 3 heterocycles. The second kappa shape index (κ2) is 8.32. The largest absolute Gasteiger partial charge is 0.389 e. The Kier molecular flexibility index (Phi) is 5.90. The molecule has 2 unspecified atom stereocenters. The van der Waals surface area contributed by atoms with Crippen LogP contribution in [0.4, 0.5) is 28.3 Å². The van der Waals surface area contributed by atoms with E-state index in [0.29, 0.717) is 0 Å². The summed E-state index contributed by atoms with van der Waals surface area (Å²) < 4.78 is 64.8. The molecule has 3 atom stereocenters. The minimum Gasteiger partial charge on any atom is -0.389 e. The summed E-state index contributed by atoms with van der Waals surface area (Å²) in [5.74, 6) is -5.76. The highest BCUT2D eigenvalue weighted by Crippen LogP contribution is 2.46. The van der Waals surface area contributed by atoms with Gasteiger partial charge in [0.2, 0.25) is 0 Å². The lowest BCUT2D eigenvalue weighted by atomic mass is 9.82. The number of anilines is 2. The normalized spacial score (nSPS) is 24.2. The monoisotopic (exact) mass is 498 g/mol. The first-order valence-corrected chi connectivity index (χ1v) is 11.0. The van der Waals surface area contributed by atoms with Gasteiger partial charge in [-0.1, -0.05) is 17.4 Å². The number of nitrogens with two attached hydrogens (primary N) is 2. The summed E-state index contributed by atoms with van der Waals surface area (Å²) in [5.41, 5.74) is 9.44. The number of ether oxygens (including phenoxy) is 1. The molecule has 182 valence electrons. The zero-order valence-corrected chi connectivity index (χ0v) is 19.2. The van der Waals surface area contributed by atoms with Gasteiger partial charge in [0.25, 0.3) is 11.8 Å². The van der Waals surface area contributed by atoms with E-state index < -0.39 is 53.2 Å². The van der Waals surface area contributed by atoms with Crippen molar-refractivity contribution >= 4 is 27.9 Å². The Morgan fingerprint density at radius 3 is 2.59 bits per heavy atom. The molecule has 0 saturated carbocycles. The molecule has 1 aliphatic rings. The highest BCUT2D eigenvalue weighted by atomic mass is 32.1.